The number of anilines is 2. The fourth-order valence-electron chi connectivity index (χ4n) is 4.57. The number of aromatic hydroxyl groups is 1. The largest absolute Gasteiger partial charge is 0.505 e. The number of carbonyl (C=O) groups is 2. The molecule has 2 heterocycles. The Hall–Kier alpha value is -3.72. The van der Waals surface area contributed by atoms with Gasteiger partial charge in [0.25, 0.3) is 0 Å². The van der Waals surface area contributed by atoms with E-state index in [0.717, 1.165) is 35.2 Å². The third-order valence-corrected chi connectivity index (χ3v) is 6.69. The smallest absolute Gasteiger partial charge is 0.317 e. The SMILES string of the molecule is CCC1=NC(=NNc2cccc(C3CCN(CC(=O)O)CC3)c2O)C(=O)N1c1ccc(C)c(C)c1. The molecule has 2 aromatic rings. The molecule has 0 atom stereocenters. The molecular formula is C26H31N5O4. The van der Waals surface area contributed by atoms with Gasteiger partial charge in [0.2, 0.25) is 5.84 Å². The van der Waals surface area contributed by atoms with Crippen LogP contribution in [0.3, 0.4) is 0 Å². The van der Waals surface area contributed by atoms with Crippen molar-refractivity contribution in [2.75, 3.05) is 30.0 Å². The molecule has 1 saturated heterocycles. The number of likely N-dealkylation sites (tertiary alicyclic amines) is 1. The number of phenols is 1. The molecule has 0 unspecified atom stereocenters. The molecule has 2 aromatic carbocycles. The van der Waals surface area contributed by atoms with Gasteiger partial charge in [-0.3, -0.25) is 24.8 Å². The summed E-state index contributed by atoms with van der Waals surface area (Å²) in [6.07, 6.45) is 2.08. The molecule has 0 bridgehead atoms. The van der Waals surface area contributed by atoms with Gasteiger partial charge in [-0.2, -0.15) is 0 Å². The Morgan fingerprint density at radius 3 is 2.57 bits per heavy atom. The number of hydrazone groups is 1. The van der Waals surface area contributed by atoms with Gasteiger partial charge in [-0.1, -0.05) is 25.1 Å². The van der Waals surface area contributed by atoms with E-state index < -0.39 is 5.97 Å². The Kier molecular flexibility index (Phi) is 7.16. The number of para-hydroxylation sites is 1. The zero-order valence-corrected chi connectivity index (χ0v) is 20.3. The molecular weight excluding hydrogens is 446 g/mol. The Bertz CT molecular complexity index is 1200. The zero-order chi connectivity index (χ0) is 25.1. The summed E-state index contributed by atoms with van der Waals surface area (Å²) in [6, 6.07) is 11.3. The van der Waals surface area contributed by atoms with Crippen LogP contribution in [-0.4, -0.2) is 58.3 Å². The van der Waals surface area contributed by atoms with Crippen molar-refractivity contribution in [3.63, 3.8) is 0 Å². The first kappa shape index (κ1) is 24.4. The molecule has 1 amide bonds. The maximum Gasteiger partial charge on any atom is 0.317 e. The molecule has 1 fully saturated rings. The summed E-state index contributed by atoms with van der Waals surface area (Å²) < 4.78 is 0. The van der Waals surface area contributed by atoms with Crippen LogP contribution in [-0.2, 0) is 9.59 Å². The fourth-order valence-corrected chi connectivity index (χ4v) is 4.57. The summed E-state index contributed by atoms with van der Waals surface area (Å²) in [5, 5.41) is 24.1. The lowest BCUT2D eigenvalue weighted by Gasteiger charge is -2.31. The van der Waals surface area contributed by atoms with Crippen molar-refractivity contribution >= 4 is 34.9 Å². The standard InChI is InChI=1S/C26H31N5O4/c1-4-22-27-25(26(35)31(22)19-9-8-16(2)17(3)14-19)29-28-21-7-5-6-20(24(21)34)18-10-12-30(13-11-18)15-23(32)33/h5-9,14,18,28,34H,4,10-13,15H2,1-3H3,(H,32,33). The molecule has 0 spiro atoms. The highest BCUT2D eigenvalue weighted by molar-refractivity contribution is 6.54. The Labute approximate surface area is 204 Å². The third-order valence-electron chi connectivity index (χ3n) is 6.69. The number of nitrogens with one attached hydrogen (secondary N) is 1. The second kappa shape index (κ2) is 10.3. The highest BCUT2D eigenvalue weighted by Gasteiger charge is 2.32. The van der Waals surface area contributed by atoms with Crippen LogP contribution in [0, 0.1) is 13.8 Å². The summed E-state index contributed by atoms with van der Waals surface area (Å²) in [4.78, 5) is 32.0. The van der Waals surface area contributed by atoms with Crippen LogP contribution in [0.2, 0.25) is 0 Å². The topological polar surface area (TPSA) is 118 Å². The quantitative estimate of drug-likeness (QED) is 0.412. The molecule has 2 aliphatic heterocycles. The monoisotopic (exact) mass is 477 g/mol. The molecule has 2 aliphatic rings. The highest BCUT2D eigenvalue weighted by atomic mass is 16.4. The summed E-state index contributed by atoms with van der Waals surface area (Å²) in [5.41, 5.74) is 7.01. The Balaban J connectivity index is 1.50. The molecule has 9 heteroatoms. The van der Waals surface area contributed by atoms with Crippen molar-refractivity contribution in [3.05, 3.63) is 53.1 Å². The molecule has 3 N–H and O–H groups in total. The lowest BCUT2D eigenvalue weighted by Crippen LogP contribution is -2.36. The van der Waals surface area contributed by atoms with E-state index in [2.05, 4.69) is 15.5 Å². The lowest BCUT2D eigenvalue weighted by atomic mass is 9.88. The minimum atomic E-state index is -0.831. The van der Waals surface area contributed by atoms with Gasteiger partial charge in [0, 0.05) is 6.42 Å². The maximum atomic E-state index is 13.1. The van der Waals surface area contributed by atoms with E-state index in [1.807, 2.05) is 56.0 Å². The number of carbonyl (C=O) groups excluding carboxylic acids is 1. The fraction of sp³-hybridized carbons (Fsp3) is 0.385. The molecule has 184 valence electrons. The van der Waals surface area contributed by atoms with Gasteiger partial charge in [-0.15, -0.1) is 5.10 Å². The first-order chi connectivity index (χ1) is 16.8. The van der Waals surface area contributed by atoms with Crippen LogP contribution in [0.25, 0.3) is 0 Å². The average Bonchev–Trinajstić information content (AvgIpc) is 3.16. The minimum Gasteiger partial charge on any atom is -0.505 e. The van der Waals surface area contributed by atoms with Gasteiger partial charge < -0.3 is 10.2 Å². The number of carboxylic acids is 1. The number of piperidine rings is 1. The molecule has 0 saturated carbocycles. The summed E-state index contributed by atoms with van der Waals surface area (Å²) in [5.74, 6) is -0.295. The predicted molar refractivity (Wildman–Crippen MR) is 136 cm³/mol. The molecule has 9 nitrogen and oxygen atoms in total. The zero-order valence-electron chi connectivity index (χ0n) is 20.3. The molecule has 0 aromatic heterocycles. The van der Waals surface area contributed by atoms with Crippen molar-refractivity contribution in [1.29, 1.82) is 0 Å². The van der Waals surface area contributed by atoms with Gasteiger partial charge in [-0.05, 0) is 80.6 Å². The van der Waals surface area contributed by atoms with Gasteiger partial charge in [-0.25, -0.2) is 4.99 Å². The summed E-state index contributed by atoms with van der Waals surface area (Å²) in [6.45, 7) is 7.32. The van der Waals surface area contributed by atoms with E-state index in [4.69, 9.17) is 5.11 Å². The average molecular weight is 478 g/mol. The first-order valence-corrected chi connectivity index (χ1v) is 11.9. The number of nitrogens with zero attached hydrogens (tertiary/aromatic N) is 4. The second-order valence-electron chi connectivity index (χ2n) is 9.03. The number of hydrogen-bond donors (Lipinski definition) is 3. The summed E-state index contributed by atoms with van der Waals surface area (Å²) in [7, 11) is 0. The molecule has 4 rings (SSSR count). The highest BCUT2D eigenvalue weighted by Crippen LogP contribution is 2.38. The van der Waals surface area contributed by atoms with E-state index in [9.17, 15) is 14.7 Å². The van der Waals surface area contributed by atoms with Gasteiger partial charge >= 0.3 is 11.9 Å². The van der Waals surface area contributed by atoms with Crippen LogP contribution >= 0.6 is 0 Å². The number of phenolic OH excluding ortho intramolecular Hbond substituents is 1. The van der Waals surface area contributed by atoms with Gasteiger partial charge in [0.15, 0.2) is 0 Å². The van der Waals surface area contributed by atoms with Crippen LogP contribution in [0.1, 0.15) is 48.8 Å². The van der Waals surface area contributed by atoms with Gasteiger partial charge in [0.1, 0.15) is 11.6 Å². The van der Waals surface area contributed by atoms with Gasteiger partial charge in [0.05, 0.1) is 17.9 Å². The first-order valence-electron chi connectivity index (χ1n) is 11.9. The lowest BCUT2D eigenvalue weighted by molar-refractivity contribution is -0.138. The van der Waals surface area contributed by atoms with Crippen molar-refractivity contribution in [1.82, 2.24) is 4.90 Å². The predicted octanol–water partition coefficient (Wildman–Crippen LogP) is 3.85. The number of aliphatic carboxylic acids is 1. The van der Waals surface area contributed by atoms with E-state index in [1.165, 1.54) is 0 Å². The number of carboxylic acid groups (broad SMARTS) is 1. The van der Waals surface area contributed by atoms with Crippen molar-refractivity contribution < 1.29 is 19.8 Å². The van der Waals surface area contributed by atoms with Crippen LogP contribution in [0.5, 0.6) is 5.75 Å². The molecule has 0 radical (unpaired) electrons. The van der Waals surface area contributed by atoms with Crippen molar-refractivity contribution in [2.24, 2.45) is 10.1 Å². The van der Waals surface area contributed by atoms with E-state index in [-0.39, 0.29) is 30.0 Å². The van der Waals surface area contributed by atoms with Crippen LogP contribution in [0.4, 0.5) is 11.4 Å². The minimum absolute atomic E-state index is 0.0330. The van der Waals surface area contributed by atoms with Crippen molar-refractivity contribution in [3.8, 4) is 5.75 Å². The number of amides is 1. The van der Waals surface area contributed by atoms with Crippen molar-refractivity contribution in [2.45, 2.75) is 46.0 Å². The molecule has 0 aliphatic carbocycles. The maximum absolute atomic E-state index is 13.1. The number of benzene rings is 2. The number of aryl methyl sites for hydroxylation is 2. The number of hydrogen-bond acceptors (Lipinski definition) is 6. The second-order valence-corrected chi connectivity index (χ2v) is 9.03. The normalized spacial score (nSPS) is 18.3. The third kappa shape index (κ3) is 5.19. The summed E-state index contributed by atoms with van der Waals surface area (Å²) >= 11 is 0. The van der Waals surface area contributed by atoms with E-state index in [0.29, 0.717) is 31.0 Å². The Morgan fingerprint density at radius 2 is 1.91 bits per heavy atom. The Morgan fingerprint density at radius 1 is 1.17 bits per heavy atom. The van der Waals surface area contributed by atoms with Crippen LogP contribution in [0.15, 0.2) is 46.5 Å². The number of rotatable bonds is 7. The number of amidine groups is 2. The van der Waals surface area contributed by atoms with E-state index >= 15 is 0 Å². The number of aliphatic imine (C=N–C) groups is 1. The van der Waals surface area contributed by atoms with Crippen LogP contribution < -0.4 is 10.3 Å². The van der Waals surface area contributed by atoms with E-state index in [1.54, 1.807) is 11.0 Å². The molecule has 35 heavy (non-hydrogen) atoms.